The molecule has 3 amide bonds. The van der Waals surface area contributed by atoms with Gasteiger partial charge in [-0.15, -0.1) is 0 Å². The number of imide groups is 1. The van der Waals surface area contributed by atoms with Gasteiger partial charge in [0.15, 0.2) is 0 Å². The summed E-state index contributed by atoms with van der Waals surface area (Å²) in [5.41, 5.74) is 1.77. The van der Waals surface area contributed by atoms with Gasteiger partial charge in [0.05, 0.1) is 0 Å². The van der Waals surface area contributed by atoms with Gasteiger partial charge in [0, 0.05) is 13.3 Å². The van der Waals surface area contributed by atoms with E-state index in [0.29, 0.717) is 0 Å². The van der Waals surface area contributed by atoms with Crippen LogP contribution in [0.1, 0.15) is 18.1 Å². The van der Waals surface area contributed by atoms with Crippen LogP contribution in [0.25, 0.3) is 6.08 Å². The van der Waals surface area contributed by atoms with E-state index in [0.717, 1.165) is 16.0 Å². The highest BCUT2D eigenvalue weighted by Gasteiger charge is 2.39. The summed E-state index contributed by atoms with van der Waals surface area (Å²) < 4.78 is 0. The molecule has 5 heteroatoms. The first-order chi connectivity index (χ1) is 12.1. The Bertz CT molecular complexity index is 829. The lowest BCUT2D eigenvalue weighted by Crippen LogP contribution is -2.59. The van der Waals surface area contributed by atoms with Crippen molar-refractivity contribution in [2.24, 2.45) is 0 Å². The maximum Gasteiger partial charge on any atom is 0.277 e. The molecule has 1 heterocycles. The number of benzene rings is 2. The second-order valence-electron chi connectivity index (χ2n) is 5.86. The molecule has 1 aliphatic heterocycles. The molecule has 2 aromatic rings. The minimum Gasteiger partial charge on any atom is -0.320 e. The van der Waals surface area contributed by atoms with Gasteiger partial charge >= 0.3 is 0 Å². The third-order valence-electron chi connectivity index (χ3n) is 4.04. The highest BCUT2D eigenvalue weighted by molar-refractivity contribution is 6.13. The zero-order valence-corrected chi connectivity index (χ0v) is 13.8. The van der Waals surface area contributed by atoms with E-state index >= 15 is 0 Å². The molecule has 1 aliphatic rings. The molecule has 1 saturated heterocycles. The van der Waals surface area contributed by atoms with Crippen LogP contribution >= 0.6 is 0 Å². The summed E-state index contributed by atoms with van der Waals surface area (Å²) in [6, 6.07) is 17.6. The third-order valence-corrected chi connectivity index (χ3v) is 4.04. The van der Waals surface area contributed by atoms with Crippen molar-refractivity contribution in [3.05, 3.63) is 77.5 Å². The van der Waals surface area contributed by atoms with E-state index in [-0.39, 0.29) is 18.0 Å². The standard InChI is InChI=1S/C20H18N2O3/c1-14(23)22-18(13-16-10-6-3-7-11-16)19(24)21-17(20(22)25)12-15-8-4-2-5-9-15/h2-12,18H,13H2,1H3,(H,21,24)/b17-12+/t18-/m0/s1. The van der Waals surface area contributed by atoms with Crippen LogP contribution in [0.15, 0.2) is 66.4 Å². The van der Waals surface area contributed by atoms with Crippen molar-refractivity contribution in [1.29, 1.82) is 0 Å². The van der Waals surface area contributed by atoms with Gasteiger partial charge in [0.1, 0.15) is 11.7 Å². The monoisotopic (exact) mass is 334 g/mol. The Kier molecular flexibility index (Phi) is 4.75. The van der Waals surface area contributed by atoms with Crippen molar-refractivity contribution in [1.82, 2.24) is 10.2 Å². The molecule has 3 rings (SSSR count). The lowest BCUT2D eigenvalue weighted by molar-refractivity contribution is -0.152. The van der Waals surface area contributed by atoms with Gasteiger partial charge in [-0.05, 0) is 17.2 Å². The number of nitrogens with zero attached hydrogens (tertiary/aromatic N) is 1. The van der Waals surface area contributed by atoms with Crippen LogP contribution < -0.4 is 5.32 Å². The van der Waals surface area contributed by atoms with E-state index in [1.807, 2.05) is 60.7 Å². The smallest absolute Gasteiger partial charge is 0.277 e. The summed E-state index contributed by atoms with van der Waals surface area (Å²) in [5.74, 6) is -1.29. The fourth-order valence-electron chi connectivity index (χ4n) is 2.86. The Morgan fingerprint density at radius 2 is 1.64 bits per heavy atom. The maximum absolute atomic E-state index is 12.7. The number of hydrogen-bond acceptors (Lipinski definition) is 3. The van der Waals surface area contributed by atoms with Crippen LogP contribution in [-0.4, -0.2) is 28.7 Å². The van der Waals surface area contributed by atoms with Crippen LogP contribution in [0, 0.1) is 0 Å². The summed E-state index contributed by atoms with van der Waals surface area (Å²) >= 11 is 0. The SMILES string of the molecule is CC(=O)N1C(=O)/C(=C\c2ccccc2)NC(=O)[C@@H]1Cc1ccccc1. The van der Waals surface area contributed by atoms with Gasteiger partial charge in [-0.1, -0.05) is 60.7 Å². The summed E-state index contributed by atoms with van der Waals surface area (Å²) in [7, 11) is 0. The number of carbonyl (C=O) groups excluding carboxylic acids is 3. The summed E-state index contributed by atoms with van der Waals surface area (Å²) in [5, 5.41) is 2.65. The molecule has 0 aromatic heterocycles. The lowest BCUT2D eigenvalue weighted by atomic mass is 10.0. The van der Waals surface area contributed by atoms with Gasteiger partial charge in [-0.3, -0.25) is 19.3 Å². The van der Waals surface area contributed by atoms with Crippen LogP contribution in [0.2, 0.25) is 0 Å². The molecule has 1 fully saturated rings. The van der Waals surface area contributed by atoms with Crippen LogP contribution in [0.5, 0.6) is 0 Å². The predicted octanol–water partition coefficient (Wildman–Crippen LogP) is 2.14. The van der Waals surface area contributed by atoms with E-state index in [9.17, 15) is 14.4 Å². The molecule has 0 aliphatic carbocycles. The number of amides is 3. The zero-order valence-electron chi connectivity index (χ0n) is 13.8. The van der Waals surface area contributed by atoms with Crippen molar-refractivity contribution < 1.29 is 14.4 Å². The number of rotatable bonds is 3. The molecule has 2 aromatic carbocycles. The number of nitrogens with one attached hydrogen (secondary N) is 1. The first kappa shape index (κ1) is 16.6. The highest BCUT2D eigenvalue weighted by atomic mass is 16.2. The molecular formula is C20H18N2O3. The van der Waals surface area contributed by atoms with Crippen molar-refractivity contribution in [3.8, 4) is 0 Å². The second kappa shape index (κ2) is 7.13. The fourth-order valence-corrected chi connectivity index (χ4v) is 2.86. The van der Waals surface area contributed by atoms with E-state index in [1.165, 1.54) is 6.92 Å². The largest absolute Gasteiger partial charge is 0.320 e. The first-order valence-corrected chi connectivity index (χ1v) is 8.02. The van der Waals surface area contributed by atoms with Gasteiger partial charge in [0.25, 0.3) is 5.91 Å². The number of hydrogen-bond donors (Lipinski definition) is 1. The number of carbonyl (C=O) groups is 3. The predicted molar refractivity (Wildman–Crippen MR) is 94.0 cm³/mol. The summed E-state index contributed by atoms with van der Waals surface area (Å²) in [6.45, 7) is 1.30. The van der Waals surface area contributed by atoms with Crippen LogP contribution in [0.4, 0.5) is 0 Å². The Morgan fingerprint density at radius 3 is 2.24 bits per heavy atom. The van der Waals surface area contributed by atoms with Gasteiger partial charge in [-0.25, -0.2) is 0 Å². The van der Waals surface area contributed by atoms with Gasteiger partial charge in [-0.2, -0.15) is 0 Å². The normalized spacial score (nSPS) is 19.0. The molecule has 0 bridgehead atoms. The average Bonchev–Trinajstić information content (AvgIpc) is 2.61. The van der Waals surface area contributed by atoms with Gasteiger partial charge < -0.3 is 5.32 Å². The minimum atomic E-state index is -0.847. The van der Waals surface area contributed by atoms with E-state index in [4.69, 9.17) is 0 Å². The molecule has 5 nitrogen and oxygen atoms in total. The molecule has 0 saturated carbocycles. The highest BCUT2D eigenvalue weighted by Crippen LogP contribution is 2.19. The molecule has 0 radical (unpaired) electrons. The molecule has 0 spiro atoms. The second-order valence-corrected chi connectivity index (χ2v) is 5.86. The average molecular weight is 334 g/mol. The topological polar surface area (TPSA) is 66.5 Å². The van der Waals surface area contributed by atoms with E-state index in [2.05, 4.69) is 5.32 Å². The molecule has 25 heavy (non-hydrogen) atoms. The first-order valence-electron chi connectivity index (χ1n) is 8.02. The molecule has 126 valence electrons. The van der Waals surface area contributed by atoms with Crippen molar-refractivity contribution in [3.63, 3.8) is 0 Å². The van der Waals surface area contributed by atoms with Crippen molar-refractivity contribution in [2.75, 3.05) is 0 Å². The Balaban J connectivity index is 1.91. The quantitative estimate of drug-likeness (QED) is 0.875. The minimum absolute atomic E-state index is 0.107. The fraction of sp³-hybridized carbons (Fsp3) is 0.150. The summed E-state index contributed by atoms with van der Waals surface area (Å²) in [4.78, 5) is 38.4. The van der Waals surface area contributed by atoms with Gasteiger partial charge in [0.2, 0.25) is 11.8 Å². The summed E-state index contributed by atoms with van der Waals surface area (Å²) in [6.07, 6.45) is 1.87. The Labute approximate surface area is 146 Å². The van der Waals surface area contributed by atoms with Crippen LogP contribution in [0.3, 0.4) is 0 Å². The molecule has 1 N–H and O–H groups in total. The van der Waals surface area contributed by atoms with E-state index < -0.39 is 17.9 Å². The maximum atomic E-state index is 12.7. The van der Waals surface area contributed by atoms with Crippen LogP contribution in [-0.2, 0) is 20.8 Å². The zero-order chi connectivity index (χ0) is 17.8. The molecule has 1 atom stereocenters. The lowest BCUT2D eigenvalue weighted by Gasteiger charge is -2.34. The number of piperazine rings is 1. The Hall–Kier alpha value is -3.21. The molecule has 0 unspecified atom stereocenters. The Morgan fingerprint density at radius 1 is 1.04 bits per heavy atom. The molecular weight excluding hydrogens is 316 g/mol. The third kappa shape index (κ3) is 3.66. The van der Waals surface area contributed by atoms with Crippen molar-refractivity contribution in [2.45, 2.75) is 19.4 Å². The van der Waals surface area contributed by atoms with E-state index in [1.54, 1.807) is 6.08 Å². The van der Waals surface area contributed by atoms with Crippen molar-refractivity contribution >= 4 is 23.8 Å².